The van der Waals surface area contributed by atoms with E-state index in [0.717, 1.165) is 0 Å². The highest BCUT2D eigenvalue weighted by molar-refractivity contribution is 4.90. The Balaban J connectivity index is 1.91. The smallest absolute Gasteiger partial charge is 0.1000 e. The second-order valence-electron chi connectivity index (χ2n) is 2.77. The van der Waals surface area contributed by atoms with E-state index in [1.807, 2.05) is 0 Å². The molecule has 0 amide bonds. The van der Waals surface area contributed by atoms with Gasteiger partial charge in [0.25, 0.3) is 0 Å². The average Bonchev–Trinajstić information content (AvgIpc) is 1.78. The van der Waals surface area contributed by atoms with Crippen LogP contribution in [-0.2, 0) is 4.74 Å². The maximum absolute atomic E-state index is 5.36. The lowest BCUT2D eigenvalue weighted by atomic mass is 10.0. The fraction of sp³-hybridized carbons (Fsp3) is 0.875. The van der Waals surface area contributed by atoms with Crippen molar-refractivity contribution in [1.29, 1.82) is 0 Å². The lowest BCUT2D eigenvalue weighted by Crippen LogP contribution is -2.27. The van der Waals surface area contributed by atoms with E-state index in [0.29, 0.717) is 6.10 Å². The molecule has 1 radical (unpaired) electrons. The van der Waals surface area contributed by atoms with Crippen LogP contribution >= 0.6 is 0 Å². The molecule has 1 heteroatoms. The molecule has 0 spiro atoms. The van der Waals surface area contributed by atoms with Crippen molar-refractivity contribution in [2.24, 2.45) is 0 Å². The van der Waals surface area contributed by atoms with Crippen LogP contribution in [-0.4, -0.2) is 6.10 Å². The van der Waals surface area contributed by atoms with Gasteiger partial charge < -0.3 is 4.74 Å². The van der Waals surface area contributed by atoms with Crippen LogP contribution in [0.3, 0.4) is 0 Å². The van der Waals surface area contributed by atoms with Crippen LogP contribution < -0.4 is 0 Å². The van der Waals surface area contributed by atoms with Crippen molar-refractivity contribution in [3.05, 3.63) is 6.10 Å². The molecule has 0 aromatic carbocycles. The molecule has 0 bridgehead atoms. The number of rotatable bonds is 3. The maximum Gasteiger partial charge on any atom is 0.1000 e. The average molecular weight is 127 g/mol. The van der Waals surface area contributed by atoms with Gasteiger partial charge in [0.05, 0.1) is 12.2 Å². The summed E-state index contributed by atoms with van der Waals surface area (Å²) in [6, 6.07) is 0. The molecule has 0 N–H and O–H groups in total. The molecule has 9 heavy (non-hydrogen) atoms. The van der Waals surface area contributed by atoms with Gasteiger partial charge in [0.15, 0.2) is 0 Å². The van der Waals surface area contributed by atoms with Gasteiger partial charge in [-0.05, 0) is 13.3 Å². The molecule has 0 aliphatic carbocycles. The van der Waals surface area contributed by atoms with Gasteiger partial charge in [0.1, 0.15) is 0 Å². The van der Waals surface area contributed by atoms with E-state index in [2.05, 4.69) is 13.8 Å². The second-order valence-corrected chi connectivity index (χ2v) is 2.77. The molecule has 1 rings (SSSR count). The summed E-state index contributed by atoms with van der Waals surface area (Å²) in [7, 11) is 0. The first kappa shape index (κ1) is 7.07. The predicted octanol–water partition coefficient (Wildman–Crippen LogP) is 2.52. The van der Waals surface area contributed by atoms with Crippen molar-refractivity contribution in [1.82, 2.24) is 0 Å². The summed E-state index contributed by atoms with van der Waals surface area (Å²) in [5.74, 6) is 0. The zero-order valence-corrected chi connectivity index (χ0v) is 6.31. The standard InChI is InChI=1S/C8H15O/c1-3-4-5-8-6-7(2)9-8/h7H,3-6H2,1-2H3. The molecule has 1 saturated heterocycles. The molecular formula is C8H15O. The van der Waals surface area contributed by atoms with Gasteiger partial charge in [0, 0.05) is 6.42 Å². The van der Waals surface area contributed by atoms with Crippen molar-refractivity contribution < 1.29 is 4.74 Å². The molecule has 0 aromatic rings. The number of hydrogen-bond acceptors (Lipinski definition) is 1. The minimum Gasteiger partial charge on any atom is -0.369 e. The largest absolute Gasteiger partial charge is 0.369 e. The van der Waals surface area contributed by atoms with Gasteiger partial charge in [-0.25, -0.2) is 0 Å². The van der Waals surface area contributed by atoms with Gasteiger partial charge in [-0.15, -0.1) is 0 Å². The van der Waals surface area contributed by atoms with E-state index >= 15 is 0 Å². The molecule has 1 unspecified atom stereocenters. The summed E-state index contributed by atoms with van der Waals surface area (Å²) < 4.78 is 5.36. The summed E-state index contributed by atoms with van der Waals surface area (Å²) in [5, 5.41) is 0. The monoisotopic (exact) mass is 127 g/mol. The van der Waals surface area contributed by atoms with E-state index in [1.54, 1.807) is 0 Å². The molecule has 1 aliphatic rings. The summed E-state index contributed by atoms with van der Waals surface area (Å²) in [6.07, 6.45) is 6.81. The highest BCUT2D eigenvalue weighted by atomic mass is 16.5. The Morgan fingerprint density at radius 2 is 2.33 bits per heavy atom. The highest BCUT2D eigenvalue weighted by Crippen LogP contribution is 2.31. The molecule has 0 saturated carbocycles. The Labute approximate surface area is 57.4 Å². The fourth-order valence-electron chi connectivity index (χ4n) is 1.13. The van der Waals surface area contributed by atoms with Crippen LogP contribution in [0.2, 0.25) is 0 Å². The third kappa shape index (κ3) is 1.98. The van der Waals surface area contributed by atoms with Gasteiger partial charge >= 0.3 is 0 Å². The molecule has 1 nitrogen and oxygen atoms in total. The molecule has 0 aromatic heterocycles. The topological polar surface area (TPSA) is 9.23 Å². The zero-order chi connectivity index (χ0) is 6.69. The molecule has 1 aliphatic heterocycles. The van der Waals surface area contributed by atoms with Gasteiger partial charge in [-0.1, -0.05) is 19.8 Å². The van der Waals surface area contributed by atoms with Gasteiger partial charge in [-0.2, -0.15) is 0 Å². The van der Waals surface area contributed by atoms with E-state index in [1.165, 1.54) is 31.8 Å². The number of unbranched alkanes of at least 4 members (excludes halogenated alkanes) is 1. The number of hydrogen-bond donors (Lipinski definition) is 0. The van der Waals surface area contributed by atoms with Crippen molar-refractivity contribution in [2.75, 3.05) is 0 Å². The van der Waals surface area contributed by atoms with Gasteiger partial charge in [-0.3, -0.25) is 0 Å². The Morgan fingerprint density at radius 3 is 2.78 bits per heavy atom. The zero-order valence-electron chi connectivity index (χ0n) is 6.31. The van der Waals surface area contributed by atoms with Gasteiger partial charge in [0.2, 0.25) is 0 Å². The second kappa shape index (κ2) is 3.21. The van der Waals surface area contributed by atoms with E-state index < -0.39 is 0 Å². The minimum absolute atomic E-state index is 0.511. The Morgan fingerprint density at radius 1 is 1.67 bits per heavy atom. The Kier molecular flexibility index (Phi) is 2.52. The van der Waals surface area contributed by atoms with Crippen LogP contribution in [0.5, 0.6) is 0 Å². The lowest BCUT2D eigenvalue weighted by molar-refractivity contribution is -0.0367. The summed E-state index contributed by atoms with van der Waals surface area (Å²) >= 11 is 0. The van der Waals surface area contributed by atoms with Crippen LogP contribution in [0.15, 0.2) is 0 Å². The van der Waals surface area contributed by atoms with Crippen LogP contribution in [0.1, 0.15) is 39.5 Å². The SMILES string of the molecule is CCCC[C]1CC(C)O1. The quantitative estimate of drug-likeness (QED) is 0.566. The third-order valence-corrected chi connectivity index (χ3v) is 1.69. The molecule has 1 fully saturated rings. The van der Waals surface area contributed by atoms with Crippen molar-refractivity contribution in [3.8, 4) is 0 Å². The molecular weight excluding hydrogens is 112 g/mol. The Bertz CT molecular complexity index is 74.6. The van der Waals surface area contributed by atoms with Crippen molar-refractivity contribution in [2.45, 2.75) is 45.6 Å². The summed E-state index contributed by atoms with van der Waals surface area (Å²) in [5.41, 5.74) is 0. The number of ether oxygens (including phenoxy) is 1. The first-order chi connectivity index (χ1) is 4.33. The minimum atomic E-state index is 0.511. The molecule has 1 atom stereocenters. The Hall–Kier alpha value is -0.0400. The third-order valence-electron chi connectivity index (χ3n) is 1.69. The summed E-state index contributed by atoms with van der Waals surface area (Å²) in [6.45, 7) is 4.33. The van der Waals surface area contributed by atoms with E-state index in [-0.39, 0.29) is 0 Å². The van der Waals surface area contributed by atoms with Crippen LogP contribution in [0.4, 0.5) is 0 Å². The van der Waals surface area contributed by atoms with Crippen molar-refractivity contribution in [3.63, 3.8) is 0 Å². The predicted molar refractivity (Wildman–Crippen MR) is 37.9 cm³/mol. The van der Waals surface area contributed by atoms with Crippen LogP contribution in [0, 0.1) is 6.10 Å². The maximum atomic E-state index is 5.36. The lowest BCUT2D eigenvalue weighted by Gasteiger charge is -2.32. The molecule has 1 heterocycles. The normalized spacial score (nSPS) is 28.0. The fourth-order valence-corrected chi connectivity index (χ4v) is 1.13. The molecule has 53 valence electrons. The summed E-state index contributed by atoms with van der Waals surface area (Å²) in [4.78, 5) is 0. The first-order valence-corrected chi connectivity index (χ1v) is 3.84. The van der Waals surface area contributed by atoms with E-state index in [4.69, 9.17) is 4.74 Å². The van der Waals surface area contributed by atoms with Crippen LogP contribution in [0.25, 0.3) is 0 Å². The first-order valence-electron chi connectivity index (χ1n) is 3.84. The van der Waals surface area contributed by atoms with Crippen molar-refractivity contribution >= 4 is 0 Å². The van der Waals surface area contributed by atoms with E-state index in [9.17, 15) is 0 Å². The highest BCUT2D eigenvalue weighted by Gasteiger charge is 2.25.